The molecule has 4 N–H and O–H groups in total. The van der Waals surface area contributed by atoms with Gasteiger partial charge in [0.2, 0.25) is 5.91 Å². The van der Waals surface area contributed by atoms with Crippen LogP contribution in [0.15, 0.2) is 36.7 Å². The van der Waals surface area contributed by atoms with Crippen molar-refractivity contribution in [1.29, 1.82) is 0 Å². The molecule has 0 bridgehead atoms. The van der Waals surface area contributed by atoms with Crippen LogP contribution in [0.2, 0.25) is 0 Å². The number of piperidine rings is 2. The normalized spacial score (nSPS) is 21.4. The smallest absolute Gasteiger partial charge is 0.240 e. The number of nitrogens with two attached hydrogens (primary N) is 1. The highest BCUT2D eigenvalue weighted by Gasteiger charge is 2.41. The van der Waals surface area contributed by atoms with Crippen LogP contribution >= 0.6 is 0 Å². The van der Waals surface area contributed by atoms with E-state index in [1.54, 1.807) is 6.33 Å². The summed E-state index contributed by atoms with van der Waals surface area (Å²) in [6.45, 7) is 12.5. The molecule has 1 aromatic carbocycles. The standard InChI is InChI=1S/C29H44N8O/c1-28(2)8-14-35(15-9-28)19-23-4-6-24(7-5-23)37-20-27(38)34-29(21-37)10-16-36(17-11-29)26-18-25(32-22-33-26)31-13-3-12-30/h4-7,18,22H,3,8-17,19-21,30H2,1-2H3,(H,34,38)(H,31,32,33). The topological polar surface area (TPSA) is 103 Å². The first-order valence-electron chi connectivity index (χ1n) is 14.2. The molecule has 2 aromatic rings. The lowest BCUT2D eigenvalue weighted by Crippen LogP contribution is -2.66. The molecule has 0 saturated carbocycles. The maximum atomic E-state index is 12.8. The summed E-state index contributed by atoms with van der Waals surface area (Å²) < 4.78 is 0. The van der Waals surface area contributed by atoms with Gasteiger partial charge in [-0.1, -0.05) is 26.0 Å². The highest BCUT2D eigenvalue weighted by molar-refractivity contribution is 5.84. The molecule has 1 spiro atoms. The Morgan fingerprint density at radius 3 is 2.45 bits per heavy atom. The quantitative estimate of drug-likeness (QED) is 0.457. The number of nitrogens with one attached hydrogen (secondary N) is 2. The molecule has 9 heteroatoms. The van der Waals surface area contributed by atoms with Crippen molar-refractivity contribution in [2.24, 2.45) is 11.1 Å². The van der Waals surface area contributed by atoms with Crippen LogP contribution in [0, 0.1) is 5.41 Å². The number of aromatic nitrogens is 2. The van der Waals surface area contributed by atoms with Gasteiger partial charge in [0, 0.05) is 44.5 Å². The highest BCUT2D eigenvalue weighted by atomic mass is 16.2. The monoisotopic (exact) mass is 520 g/mol. The Bertz CT molecular complexity index is 1070. The third-order valence-electron chi connectivity index (χ3n) is 8.53. The molecule has 1 aromatic heterocycles. The van der Waals surface area contributed by atoms with Crippen LogP contribution in [-0.2, 0) is 11.3 Å². The molecule has 3 fully saturated rings. The van der Waals surface area contributed by atoms with Gasteiger partial charge in [-0.05, 0) is 74.8 Å². The fourth-order valence-electron chi connectivity index (χ4n) is 5.92. The number of hydrogen-bond acceptors (Lipinski definition) is 8. The van der Waals surface area contributed by atoms with Gasteiger partial charge in [0.1, 0.15) is 18.0 Å². The van der Waals surface area contributed by atoms with Gasteiger partial charge in [0.25, 0.3) is 0 Å². The maximum Gasteiger partial charge on any atom is 0.240 e. The van der Waals surface area contributed by atoms with E-state index in [1.165, 1.54) is 31.5 Å². The molecule has 3 aliphatic heterocycles. The Morgan fingerprint density at radius 1 is 1.00 bits per heavy atom. The van der Waals surface area contributed by atoms with Gasteiger partial charge in [-0.2, -0.15) is 0 Å². The van der Waals surface area contributed by atoms with Crippen LogP contribution in [0.1, 0.15) is 51.5 Å². The van der Waals surface area contributed by atoms with E-state index in [1.807, 2.05) is 6.07 Å². The summed E-state index contributed by atoms with van der Waals surface area (Å²) >= 11 is 0. The van der Waals surface area contributed by atoms with Crippen LogP contribution in [0.3, 0.4) is 0 Å². The van der Waals surface area contributed by atoms with Crippen molar-refractivity contribution in [3.05, 3.63) is 42.2 Å². The van der Waals surface area contributed by atoms with Crippen LogP contribution in [0.5, 0.6) is 0 Å². The van der Waals surface area contributed by atoms with E-state index in [9.17, 15) is 4.79 Å². The number of benzene rings is 1. The molecule has 9 nitrogen and oxygen atoms in total. The molecular weight excluding hydrogens is 476 g/mol. The van der Waals surface area contributed by atoms with Gasteiger partial charge in [-0.25, -0.2) is 9.97 Å². The summed E-state index contributed by atoms with van der Waals surface area (Å²) in [5.41, 5.74) is 8.34. The second kappa shape index (κ2) is 11.5. The number of amides is 1. The number of carbonyl (C=O) groups excluding carboxylic acids is 1. The first kappa shape index (κ1) is 26.7. The fourth-order valence-corrected chi connectivity index (χ4v) is 5.92. The Morgan fingerprint density at radius 2 is 1.74 bits per heavy atom. The first-order valence-corrected chi connectivity index (χ1v) is 14.2. The number of nitrogens with zero attached hydrogens (tertiary/aromatic N) is 5. The molecule has 0 radical (unpaired) electrons. The highest BCUT2D eigenvalue weighted by Crippen LogP contribution is 2.32. The van der Waals surface area contributed by atoms with Crippen molar-refractivity contribution in [1.82, 2.24) is 20.2 Å². The molecule has 0 aliphatic carbocycles. The lowest BCUT2D eigenvalue weighted by atomic mass is 9.82. The van der Waals surface area contributed by atoms with Crippen molar-refractivity contribution in [3.8, 4) is 0 Å². The van der Waals surface area contributed by atoms with E-state index < -0.39 is 0 Å². The van der Waals surface area contributed by atoms with E-state index in [2.05, 4.69) is 73.4 Å². The van der Waals surface area contributed by atoms with Crippen molar-refractivity contribution < 1.29 is 4.79 Å². The zero-order chi connectivity index (χ0) is 26.6. The third kappa shape index (κ3) is 6.56. The maximum absolute atomic E-state index is 12.8. The first-order chi connectivity index (χ1) is 18.3. The summed E-state index contributed by atoms with van der Waals surface area (Å²) in [5.74, 6) is 1.86. The van der Waals surface area contributed by atoms with E-state index >= 15 is 0 Å². The second-order valence-corrected chi connectivity index (χ2v) is 12.1. The number of carbonyl (C=O) groups is 1. The minimum Gasteiger partial charge on any atom is -0.370 e. The number of hydrogen-bond donors (Lipinski definition) is 3. The average Bonchev–Trinajstić information content (AvgIpc) is 2.91. The van der Waals surface area contributed by atoms with Crippen molar-refractivity contribution in [2.45, 2.75) is 58.0 Å². The molecule has 1 amide bonds. The zero-order valence-electron chi connectivity index (χ0n) is 23.1. The molecule has 0 atom stereocenters. The molecule has 3 saturated heterocycles. The average molecular weight is 521 g/mol. The summed E-state index contributed by atoms with van der Waals surface area (Å²) in [6.07, 6.45) is 6.82. The minimum atomic E-state index is -0.208. The van der Waals surface area contributed by atoms with Gasteiger partial charge in [-0.15, -0.1) is 0 Å². The van der Waals surface area contributed by atoms with Gasteiger partial charge < -0.3 is 26.2 Å². The van der Waals surface area contributed by atoms with E-state index in [4.69, 9.17) is 5.73 Å². The Kier molecular flexibility index (Phi) is 8.04. The van der Waals surface area contributed by atoms with E-state index in [-0.39, 0.29) is 11.4 Å². The Hall–Kier alpha value is -2.91. The van der Waals surface area contributed by atoms with E-state index in [0.717, 1.165) is 69.3 Å². The van der Waals surface area contributed by atoms with E-state index in [0.29, 0.717) is 18.5 Å². The number of anilines is 3. The summed E-state index contributed by atoms with van der Waals surface area (Å²) in [7, 11) is 0. The molecule has 0 unspecified atom stereocenters. The largest absolute Gasteiger partial charge is 0.370 e. The van der Waals surface area contributed by atoms with Crippen LogP contribution in [0.25, 0.3) is 0 Å². The second-order valence-electron chi connectivity index (χ2n) is 12.1. The summed E-state index contributed by atoms with van der Waals surface area (Å²) in [4.78, 5) is 28.8. The van der Waals surface area contributed by atoms with Crippen molar-refractivity contribution in [2.75, 3.05) is 67.5 Å². The predicted octanol–water partition coefficient (Wildman–Crippen LogP) is 2.83. The van der Waals surface area contributed by atoms with Crippen molar-refractivity contribution >= 4 is 23.2 Å². The molecule has 38 heavy (non-hydrogen) atoms. The molecule has 3 aliphatic rings. The number of rotatable bonds is 8. The summed E-state index contributed by atoms with van der Waals surface area (Å²) in [6, 6.07) is 10.9. The van der Waals surface area contributed by atoms with Gasteiger partial charge >= 0.3 is 0 Å². The Balaban J connectivity index is 1.17. The van der Waals surface area contributed by atoms with Gasteiger partial charge in [0.15, 0.2) is 0 Å². The fraction of sp³-hybridized carbons (Fsp3) is 0.621. The lowest BCUT2D eigenvalue weighted by molar-refractivity contribution is -0.123. The van der Waals surface area contributed by atoms with Crippen molar-refractivity contribution in [3.63, 3.8) is 0 Å². The SMILES string of the molecule is CC1(C)CCN(Cc2ccc(N3CC(=O)NC4(CCN(c5cc(NCCCN)ncn5)CC4)C3)cc2)CC1. The summed E-state index contributed by atoms with van der Waals surface area (Å²) in [5, 5.41) is 6.67. The minimum absolute atomic E-state index is 0.109. The van der Waals surface area contributed by atoms with Crippen LogP contribution < -0.4 is 26.2 Å². The lowest BCUT2D eigenvalue weighted by Gasteiger charge is -2.48. The zero-order valence-corrected chi connectivity index (χ0v) is 23.1. The number of piperazine rings is 1. The van der Waals surface area contributed by atoms with Gasteiger partial charge in [0.05, 0.1) is 12.1 Å². The third-order valence-corrected chi connectivity index (χ3v) is 8.53. The van der Waals surface area contributed by atoms with Crippen LogP contribution in [0.4, 0.5) is 17.3 Å². The Labute approximate surface area is 227 Å². The molecule has 206 valence electrons. The molecule has 5 rings (SSSR count). The van der Waals surface area contributed by atoms with Crippen LogP contribution in [-0.4, -0.2) is 78.7 Å². The van der Waals surface area contributed by atoms with Gasteiger partial charge in [-0.3, -0.25) is 9.69 Å². The predicted molar refractivity (Wildman–Crippen MR) is 153 cm³/mol. The molecule has 4 heterocycles. The number of likely N-dealkylation sites (tertiary alicyclic amines) is 1. The molecular formula is C29H44N8O.